The Hall–Kier alpha value is -2.33. The van der Waals surface area contributed by atoms with Crippen molar-refractivity contribution in [1.29, 1.82) is 0 Å². The third-order valence-corrected chi connectivity index (χ3v) is 7.62. The quantitative estimate of drug-likeness (QED) is 0.237. The first-order valence-electron chi connectivity index (χ1n) is 8.91. The van der Waals surface area contributed by atoms with Crippen molar-refractivity contribution in [2.45, 2.75) is 0 Å². The van der Waals surface area contributed by atoms with E-state index in [1.165, 1.54) is 14.8 Å². The highest BCUT2D eigenvalue weighted by molar-refractivity contribution is 9.10. The van der Waals surface area contributed by atoms with Gasteiger partial charge in [0.05, 0.1) is 5.02 Å². The lowest BCUT2D eigenvalue weighted by Crippen LogP contribution is -1.81. The smallest absolute Gasteiger partial charge is 0.136 e. The van der Waals surface area contributed by atoms with Crippen molar-refractivity contribution in [2.75, 3.05) is 0 Å². The predicted octanol–water partition coefficient (Wildman–Crippen LogP) is 9.04. The average molecular weight is 464 g/mol. The first-order chi connectivity index (χ1) is 13.7. The van der Waals surface area contributed by atoms with E-state index in [1.807, 2.05) is 30.3 Å². The van der Waals surface area contributed by atoms with Crippen LogP contribution in [0.25, 0.3) is 53.2 Å². The maximum atomic E-state index is 6.80. The average Bonchev–Trinajstić information content (AvgIpc) is 3.27. The fourth-order valence-corrected chi connectivity index (χ4v) is 6.17. The zero-order valence-electron chi connectivity index (χ0n) is 14.5. The Morgan fingerprint density at radius 3 is 2.50 bits per heavy atom. The zero-order valence-corrected chi connectivity index (χ0v) is 17.7. The van der Waals surface area contributed by atoms with Crippen LogP contribution in [0.3, 0.4) is 0 Å². The van der Waals surface area contributed by atoms with Gasteiger partial charge in [-0.3, -0.25) is 0 Å². The largest absolute Gasteiger partial charge is 0.456 e. The molecule has 0 radical (unpaired) electrons. The lowest BCUT2D eigenvalue weighted by Gasteiger charge is -2.06. The molecule has 4 aromatic carbocycles. The third kappa shape index (κ3) is 2.30. The molecule has 0 saturated heterocycles. The molecule has 2 aromatic heterocycles. The second-order valence-electron chi connectivity index (χ2n) is 6.83. The number of fused-ring (bicyclic) bond motifs is 6. The molecule has 0 N–H and O–H groups in total. The van der Waals surface area contributed by atoms with Crippen LogP contribution in [0.1, 0.15) is 0 Å². The Labute approximate surface area is 178 Å². The molecular weight excluding hydrogens is 452 g/mol. The molecule has 0 spiro atoms. The van der Waals surface area contributed by atoms with E-state index in [2.05, 4.69) is 58.4 Å². The number of hydrogen-bond donors (Lipinski definition) is 0. The van der Waals surface area contributed by atoms with Gasteiger partial charge >= 0.3 is 0 Å². The van der Waals surface area contributed by atoms with Crippen LogP contribution in [-0.4, -0.2) is 0 Å². The van der Waals surface area contributed by atoms with Gasteiger partial charge in [-0.25, -0.2) is 0 Å². The van der Waals surface area contributed by atoms with Gasteiger partial charge in [-0.05, 0) is 57.4 Å². The molecule has 0 atom stereocenters. The van der Waals surface area contributed by atoms with Crippen LogP contribution in [0.2, 0.25) is 5.02 Å². The zero-order chi connectivity index (χ0) is 18.8. The van der Waals surface area contributed by atoms with Crippen LogP contribution in [0, 0.1) is 0 Å². The summed E-state index contributed by atoms with van der Waals surface area (Å²) in [4.78, 5) is 0. The van der Waals surface area contributed by atoms with Gasteiger partial charge in [-0.2, -0.15) is 0 Å². The summed E-state index contributed by atoms with van der Waals surface area (Å²) in [6, 6.07) is 25.0. The number of benzene rings is 4. The molecule has 134 valence electrons. The molecule has 0 aliphatic heterocycles. The van der Waals surface area contributed by atoms with Crippen molar-refractivity contribution < 1.29 is 4.42 Å². The van der Waals surface area contributed by atoms with Gasteiger partial charge in [0, 0.05) is 35.4 Å². The lowest BCUT2D eigenvalue weighted by molar-refractivity contribution is 0.669. The summed E-state index contributed by atoms with van der Waals surface area (Å²) in [6.07, 6.45) is 0. The molecule has 4 heteroatoms. The summed E-state index contributed by atoms with van der Waals surface area (Å²) < 4.78 is 9.58. The molecule has 6 aromatic rings. The summed E-state index contributed by atoms with van der Waals surface area (Å²) in [6.45, 7) is 0. The molecule has 0 aliphatic rings. The summed E-state index contributed by atoms with van der Waals surface area (Å²) >= 11 is 12.2. The van der Waals surface area contributed by atoms with Crippen LogP contribution in [0.15, 0.2) is 81.7 Å². The SMILES string of the molecule is Clc1cc(-c2cccc3oc4ccccc4c23)cc2sc3c(Br)cccc3c12. The van der Waals surface area contributed by atoms with Gasteiger partial charge < -0.3 is 4.42 Å². The van der Waals surface area contributed by atoms with E-state index in [9.17, 15) is 0 Å². The van der Waals surface area contributed by atoms with E-state index in [0.717, 1.165) is 47.9 Å². The van der Waals surface area contributed by atoms with E-state index >= 15 is 0 Å². The first-order valence-corrected chi connectivity index (χ1v) is 10.9. The van der Waals surface area contributed by atoms with E-state index in [0.29, 0.717) is 0 Å². The Morgan fingerprint density at radius 2 is 1.57 bits per heavy atom. The van der Waals surface area contributed by atoms with Crippen LogP contribution in [0.5, 0.6) is 0 Å². The van der Waals surface area contributed by atoms with E-state index < -0.39 is 0 Å². The topological polar surface area (TPSA) is 13.1 Å². The second-order valence-corrected chi connectivity index (χ2v) is 9.14. The van der Waals surface area contributed by atoms with Crippen molar-refractivity contribution in [3.8, 4) is 11.1 Å². The molecular formula is C24H12BrClOS. The van der Waals surface area contributed by atoms with Crippen LogP contribution >= 0.6 is 38.9 Å². The highest BCUT2D eigenvalue weighted by Crippen LogP contribution is 2.45. The molecule has 6 rings (SSSR count). The number of furan rings is 1. The first kappa shape index (κ1) is 16.6. The fourth-order valence-electron chi connectivity index (χ4n) is 4.01. The molecule has 0 fully saturated rings. The summed E-state index contributed by atoms with van der Waals surface area (Å²) in [5.41, 5.74) is 4.05. The fraction of sp³-hybridized carbons (Fsp3) is 0. The van der Waals surface area contributed by atoms with Crippen LogP contribution < -0.4 is 0 Å². The summed E-state index contributed by atoms with van der Waals surface area (Å²) in [5.74, 6) is 0. The van der Waals surface area contributed by atoms with Crippen molar-refractivity contribution in [3.63, 3.8) is 0 Å². The molecule has 0 saturated carbocycles. The Kier molecular flexibility index (Phi) is 3.61. The molecule has 1 nitrogen and oxygen atoms in total. The highest BCUT2D eigenvalue weighted by Gasteiger charge is 2.16. The molecule has 0 bridgehead atoms. The third-order valence-electron chi connectivity index (χ3n) is 5.22. The van der Waals surface area contributed by atoms with E-state index in [4.69, 9.17) is 16.0 Å². The molecule has 0 aliphatic carbocycles. The monoisotopic (exact) mass is 462 g/mol. The number of para-hydroxylation sites is 1. The van der Waals surface area contributed by atoms with Gasteiger partial charge in [-0.15, -0.1) is 11.3 Å². The van der Waals surface area contributed by atoms with Gasteiger partial charge in [-0.1, -0.05) is 54.1 Å². The Morgan fingerprint density at radius 1 is 0.786 bits per heavy atom. The minimum absolute atomic E-state index is 0.779. The lowest BCUT2D eigenvalue weighted by atomic mass is 9.98. The van der Waals surface area contributed by atoms with Crippen molar-refractivity contribution in [3.05, 3.63) is 82.3 Å². The maximum Gasteiger partial charge on any atom is 0.136 e. The van der Waals surface area contributed by atoms with Crippen molar-refractivity contribution in [2.24, 2.45) is 0 Å². The molecule has 28 heavy (non-hydrogen) atoms. The van der Waals surface area contributed by atoms with Gasteiger partial charge in [0.25, 0.3) is 0 Å². The second kappa shape index (κ2) is 6.08. The predicted molar refractivity (Wildman–Crippen MR) is 125 cm³/mol. The normalized spacial score (nSPS) is 11.9. The van der Waals surface area contributed by atoms with Crippen molar-refractivity contribution >= 4 is 81.0 Å². The number of rotatable bonds is 1. The highest BCUT2D eigenvalue weighted by atomic mass is 79.9. The van der Waals surface area contributed by atoms with Crippen LogP contribution in [-0.2, 0) is 0 Å². The number of halogens is 2. The van der Waals surface area contributed by atoms with Gasteiger partial charge in [0.2, 0.25) is 0 Å². The maximum absolute atomic E-state index is 6.80. The summed E-state index contributed by atoms with van der Waals surface area (Å²) in [7, 11) is 0. The minimum Gasteiger partial charge on any atom is -0.456 e. The Balaban J connectivity index is 1.71. The number of thiophene rings is 1. The molecule has 2 heterocycles. The van der Waals surface area contributed by atoms with Gasteiger partial charge in [0.1, 0.15) is 11.2 Å². The minimum atomic E-state index is 0.779. The van der Waals surface area contributed by atoms with Crippen LogP contribution in [0.4, 0.5) is 0 Å². The standard InChI is InChI=1S/C24H12BrClOS/c25-17-8-3-7-16-23-18(26)11-13(12-21(23)28-24(16)17)14-6-4-10-20-22(14)15-5-1-2-9-19(15)27-20/h1-12H. The molecule has 0 unspecified atom stereocenters. The molecule has 0 amide bonds. The van der Waals surface area contributed by atoms with Gasteiger partial charge in [0.15, 0.2) is 0 Å². The van der Waals surface area contributed by atoms with E-state index in [-0.39, 0.29) is 0 Å². The number of hydrogen-bond acceptors (Lipinski definition) is 2. The Bertz CT molecular complexity index is 1540. The van der Waals surface area contributed by atoms with E-state index in [1.54, 1.807) is 11.3 Å². The summed E-state index contributed by atoms with van der Waals surface area (Å²) in [5, 5.41) is 5.36. The van der Waals surface area contributed by atoms with Crippen molar-refractivity contribution in [1.82, 2.24) is 0 Å².